The number of sulfonamides is 1. The van der Waals surface area contributed by atoms with Crippen molar-refractivity contribution in [2.75, 3.05) is 30.4 Å². The Hall–Kier alpha value is -4.05. The monoisotopic (exact) mass is 525 g/mol. The molecular weight excluding hydrogens is 494 g/mol. The van der Waals surface area contributed by atoms with Gasteiger partial charge in [0, 0.05) is 12.1 Å². The summed E-state index contributed by atoms with van der Waals surface area (Å²) in [5.41, 5.74) is 1.79. The second-order valence-electron chi connectivity index (χ2n) is 8.59. The maximum atomic E-state index is 13.8. The van der Waals surface area contributed by atoms with Crippen LogP contribution in [0.4, 0.5) is 11.4 Å². The average Bonchev–Trinajstić information content (AvgIpc) is 2.87. The number of nitrogens with zero attached hydrogens (tertiary/aromatic N) is 1. The van der Waals surface area contributed by atoms with Crippen molar-refractivity contribution in [3.05, 3.63) is 77.9 Å². The molecule has 0 bridgehead atoms. The molecular formula is C27H31N3O6S. The summed E-state index contributed by atoms with van der Waals surface area (Å²) >= 11 is 0. The predicted molar refractivity (Wildman–Crippen MR) is 143 cm³/mol. The van der Waals surface area contributed by atoms with Gasteiger partial charge in [0.1, 0.15) is 6.54 Å². The second-order valence-corrected chi connectivity index (χ2v) is 10.4. The lowest BCUT2D eigenvalue weighted by molar-refractivity contribution is -0.114. The highest BCUT2D eigenvalue weighted by atomic mass is 32.2. The van der Waals surface area contributed by atoms with Gasteiger partial charge < -0.3 is 20.1 Å². The summed E-state index contributed by atoms with van der Waals surface area (Å²) in [6, 6.07) is 17.5. The lowest BCUT2D eigenvalue weighted by Crippen LogP contribution is -2.38. The molecule has 2 N–H and O–H groups in total. The Labute approximate surface area is 217 Å². The molecule has 0 saturated carbocycles. The van der Waals surface area contributed by atoms with Crippen LogP contribution in [-0.2, 0) is 14.8 Å². The van der Waals surface area contributed by atoms with Crippen molar-refractivity contribution >= 4 is 33.2 Å². The van der Waals surface area contributed by atoms with E-state index in [4.69, 9.17) is 9.47 Å². The maximum Gasteiger partial charge on any atom is 0.264 e. The Kier molecular flexibility index (Phi) is 8.77. The Morgan fingerprint density at radius 3 is 2.19 bits per heavy atom. The zero-order valence-electron chi connectivity index (χ0n) is 21.4. The van der Waals surface area contributed by atoms with Gasteiger partial charge >= 0.3 is 0 Å². The number of rotatable bonds is 10. The van der Waals surface area contributed by atoms with Gasteiger partial charge in [0.2, 0.25) is 5.91 Å². The molecule has 0 radical (unpaired) electrons. The molecule has 3 rings (SSSR count). The van der Waals surface area contributed by atoms with E-state index in [1.54, 1.807) is 48.5 Å². The fourth-order valence-electron chi connectivity index (χ4n) is 3.58. The highest BCUT2D eigenvalue weighted by molar-refractivity contribution is 7.92. The zero-order valence-corrected chi connectivity index (χ0v) is 22.3. The van der Waals surface area contributed by atoms with Gasteiger partial charge in [0.05, 0.1) is 36.1 Å². The van der Waals surface area contributed by atoms with E-state index in [-0.39, 0.29) is 33.8 Å². The minimum atomic E-state index is -4.20. The molecule has 0 aromatic heterocycles. The molecule has 0 heterocycles. The van der Waals surface area contributed by atoms with E-state index in [1.807, 2.05) is 20.8 Å². The highest BCUT2D eigenvalue weighted by Crippen LogP contribution is 2.32. The molecule has 3 aromatic rings. The van der Waals surface area contributed by atoms with Crippen molar-refractivity contribution in [2.24, 2.45) is 0 Å². The number of methoxy groups -OCH3 is 2. The number of carbonyl (C=O) groups excluding carboxylic acids is 2. The molecule has 0 spiro atoms. The van der Waals surface area contributed by atoms with Gasteiger partial charge in [-0.25, -0.2) is 8.42 Å². The van der Waals surface area contributed by atoms with Crippen LogP contribution in [-0.4, -0.2) is 47.0 Å². The van der Waals surface area contributed by atoms with Gasteiger partial charge in [-0.05, 0) is 57.2 Å². The summed E-state index contributed by atoms with van der Waals surface area (Å²) < 4.78 is 39.0. The number of para-hydroxylation sites is 1. The Bertz CT molecular complexity index is 1370. The van der Waals surface area contributed by atoms with E-state index in [0.29, 0.717) is 11.4 Å². The predicted octanol–water partition coefficient (Wildman–Crippen LogP) is 3.98. The molecule has 0 aliphatic heterocycles. The van der Waals surface area contributed by atoms with Crippen LogP contribution in [0, 0.1) is 6.92 Å². The standard InChI is InChI=1S/C27H31N3O6S/c1-18(2)28-27(32)22-8-6-7-9-23(22)29-26(31)17-30(20-12-10-19(3)11-13-20)37(33,34)21-14-15-24(35-4)25(16-21)36-5/h6-16,18H,17H2,1-5H3,(H,28,32)(H,29,31). The van der Waals surface area contributed by atoms with Crippen LogP contribution in [0.2, 0.25) is 0 Å². The van der Waals surface area contributed by atoms with Crippen LogP contribution in [0.25, 0.3) is 0 Å². The Balaban J connectivity index is 1.97. The average molecular weight is 526 g/mol. The summed E-state index contributed by atoms with van der Waals surface area (Å²) in [6.45, 7) is 5.01. The first-order valence-corrected chi connectivity index (χ1v) is 13.0. The minimum Gasteiger partial charge on any atom is -0.493 e. The SMILES string of the molecule is COc1ccc(S(=O)(=O)N(CC(=O)Nc2ccccc2C(=O)NC(C)C)c2ccc(C)cc2)cc1OC. The van der Waals surface area contributed by atoms with Gasteiger partial charge in [0.15, 0.2) is 11.5 Å². The molecule has 2 amide bonds. The smallest absolute Gasteiger partial charge is 0.264 e. The number of aryl methyl sites for hydroxylation is 1. The van der Waals surface area contributed by atoms with Crippen molar-refractivity contribution < 1.29 is 27.5 Å². The lowest BCUT2D eigenvalue weighted by atomic mass is 10.1. The molecule has 0 aliphatic rings. The summed E-state index contributed by atoms with van der Waals surface area (Å²) in [5, 5.41) is 5.48. The quantitative estimate of drug-likeness (QED) is 0.414. The van der Waals surface area contributed by atoms with Crippen molar-refractivity contribution in [3.8, 4) is 11.5 Å². The fourth-order valence-corrected chi connectivity index (χ4v) is 5.02. The van der Waals surface area contributed by atoms with Crippen LogP contribution < -0.4 is 24.4 Å². The highest BCUT2D eigenvalue weighted by Gasteiger charge is 2.29. The van der Waals surface area contributed by atoms with Crippen molar-refractivity contribution in [3.63, 3.8) is 0 Å². The fraction of sp³-hybridized carbons (Fsp3) is 0.259. The largest absolute Gasteiger partial charge is 0.493 e. The molecule has 10 heteroatoms. The lowest BCUT2D eigenvalue weighted by Gasteiger charge is -2.25. The number of ether oxygens (including phenoxy) is 2. The number of carbonyl (C=O) groups is 2. The van der Waals surface area contributed by atoms with Gasteiger partial charge in [-0.15, -0.1) is 0 Å². The van der Waals surface area contributed by atoms with Crippen LogP contribution in [0.1, 0.15) is 29.8 Å². The molecule has 0 unspecified atom stereocenters. The van der Waals surface area contributed by atoms with E-state index >= 15 is 0 Å². The summed E-state index contributed by atoms with van der Waals surface area (Å²) in [7, 11) is -1.33. The molecule has 196 valence electrons. The molecule has 0 atom stereocenters. The normalized spacial score (nSPS) is 11.1. The van der Waals surface area contributed by atoms with Crippen LogP contribution in [0.5, 0.6) is 11.5 Å². The summed E-state index contributed by atoms with van der Waals surface area (Å²) in [5.74, 6) is -0.354. The number of amides is 2. The minimum absolute atomic E-state index is 0.0739. The van der Waals surface area contributed by atoms with Crippen LogP contribution >= 0.6 is 0 Å². The molecule has 3 aromatic carbocycles. The zero-order chi connectivity index (χ0) is 27.2. The summed E-state index contributed by atoms with van der Waals surface area (Å²) in [4.78, 5) is 25.7. The Morgan fingerprint density at radius 1 is 0.919 bits per heavy atom. The first-order valence-electron chi connectivity index (χ1n) is 11.6. The van der Waals surface area contributed by atoms with Crippen LogP contribution in [0.15, 0.2) is 71.6 Å². The first-order chi connectivity index (χ1) is 17.6. The van der Waals surface area contributed by atoms with E-state index in [1.165, 1.54) is 32.4 Å². The topological polar surface area (TPSA) is 114 Å². The van der Waals surface area contributed by atoms with Gasteiger partial charge in [-0.1, -0.05) is 29.8 Å². The summed E-state index contributed by atoms with van der Waals surface area (Å²) in [6.07, 6.45) is 0. The van der Waals surface area contributed by atoms with Crippen molar-refractivity contribution in [2.45, 2.75) is 31.7 Å². The van der Waals surface area contributed by atoms with E-state index in [0.717, 1.165) is 9.87 Å². The molecule has 0 saturated heterocycles. The number of nitrogens with one attached hydrogen (secondary N) is 2. The molecule has 0 aliphatic carbocycles. The van der Waals surface area contributed by atoms with E-state index < -0.39 is 22.5 Å². The third kappa shape index (κ3) is 6.59. The third-order valence-electron chi connectivity index (χ3n) is 5.42. The number of benzene rings is 3. The number of hydrogen-bond acceptors (Lipinski definition) is 6. The van der Waals surface area contributed by atoms with Crippen molar-refractivity contribution in [1.82, 2.24) is 5.32 Å². The van der Waals surface area contributed by atoms with Crippen molar-refractivity contribution in [1.29, 1.82) is 0 Å². The van der Waals surface area contributed by atoms with Gasteiger partial charge in [-0.2, -0.15) is 0 Å². The van der Waals surface area contributed by atoms with E-state index in [2.05, 4.69) is 10.6 Å². The van der Waals surface area contributed by atoms with E-state index in [9.17, 15) is 18.0 Å². The Morgan fingerprint density at radius 2 is 1.57 bits per heavy atom. The van der Waals surface area contributed by atoms with Gasteiger partial charge in [-0.3, -0.25) is 13.9 Å². The van der Waals surface area contributed by atoms with Gasteiger partial charge in [0.25, 0.3) is 15.9 Å². The maximum absolute atomic E-state index is 13.8. The van der Waals surface area contributed by atoms with Crippen LogP contribution in [0.3, 0.4) is 0 Å². The molecule has 0 fully saturated rings. The second kappa shape index (κ2) is 11.8. The number of hydrogen-bond donors (Lipinski definition) is 2. The molecule has 37 heavy (non-hydrogen) atoms. The molecule has 9 nitrogen and oxygen atoms in total. The number of anilines is 2. The third-order valence-corrected chi connectivity index (χ3v) is 7.19. The first kappa shape index (κ1) is 27.5.